The highest BCUT2D eigenvalue weighted by atomic mass is 16.2. The Bertz CT molecular complexity index is 909. The molecule has 1 aromatic heterocycles. The molecule has 1 fully saturated rings. The van der Waals surface area contributed by atoms with Crippen LogP contribution in [-0.2, 0) is 12.8 Å². The van der Waals surface area contributed by atoms with Crippen molar-refractivity contribution >= 4 is 11.8 Å². The molecule has 0 atom stereocenters. The lowest BCUT2D eigenvalue weighted by atomic mass is 9.90. The van der Waals surface area contributed by atoms with E-state index < -0.39 is 0 Å². The second kappa shape index (κ2) is 7.34. The largest absolute Gasteiger partial charge is 0.335 e. The molecule has 2 amide bonds. The molecule has 1 saturated heterocycles. The third kappa shape index (κ3) is 3.63. The van der Waals surface area contributed by atoms with E-state index in [9.17, 15) is 14.4 Å². The third-order valence-corrected chi connectivity index (χ3v) is 5.35. The molecule has 1 aliphatic carbocycles. The van der Waals surface area contributed by atoms with E-state index in [-0.39, 0.29) is 23.1 Å². The number of rotatable bonds is 2. The lowest BCUT2D eigenvalue weighted by Crippen LogP contribution is -2.50. The number of carbonyl (C=O) groups excluding carboxylic acids is 2. The van der Waals surface area contributed by atoms with Crippen LogP contribution >= 0.6 is 0 Å². The zero-order chi connectivity index (χ0) is 18.8. The molecular weight excluding hydrogens is 344 g/mol. The molecule has 0 spiro atoms. The van der Waals surface area contributed by atoms with Gasteiger partial charge in [0.2, 0.25) is 0 Å². The number of hydrogen-bond acceptors (Lipinski definition) is 4. The highest BCUT2D eigenvalue weighted by molar-refractivity contribution is 5.95. The van der Waals surface area contributed by atoms with E-state index in [0.29, 0.717) is 26.2 Å². The van der Waals surface area contributed by atoms with Gasteiger partial charge in [0.15, 0.2) is 0 Å². The molecule has 140 valence electrons. The number of aromatic amines is 1. The molecule has 1 N–H and O–H groups in total. The van der Waals surface area contributed by atoms with Gasteiger partial charge in [-0.3, -0.25) is 14.4 Å². The maximum absolute atomic E-state index is 12.8. The zero-order valence-corrected chi connectivity index (χ0v) is 15.1. The van der Waals surface area contributed by atoms with Crippen LogP contribution < -0.4 is 5.56 Å². The van der Waals surface area contributed by atoms with Crippen molar-refractivity contribution < 1.29 is 9.59 Å². The minimum atomic E-state index is -0.341. The minimum absolute atomic E-state index is 0.0256. The van der Waals surface area contributed by atoms with E-state index in [4.69, 9.17) is 0 Å². The van der Waals surface area contributed by atoms with Crippen LogP contribution in [0.2, 0.25) is 0 Å². The fraction of sp³-hybridized carbons (Fsp3) is 0.400. The van der Waals surface area contributed by atoms with Gasteiger partial charge in [-0.2, -0.15) is 5.10 Å². The van der Waals surface area contributed by atoms with Crippen LogP contribution in [0.3, 0.4) is 0 Å². The Labute approximate surface area is 157 Å². The Morgan fingerprint density at radius 2 is 1.52 bits per heavy atom. The van der Waals surface area contributed by atoms with Gasteiger partial charge >= 0.3 is 0 Å². The van der Waals surface area contributed by atoms with Gasteiger partial charge in [-0.05, 0) is 55.0 Å². The van der Waals surface area contributed by atoms with Crippen molar-refractivity contribution in [3.8, 4) is 0 Å². The van der Waals surface area contributed by atoms with Crippen LogP contribution in [0.4, 0.5) is 0 Å². The van der Waals surface area contributed by atoms with Gasteiger partial charge in [-0.25, -0.2) is 5.10 Å². The van der Waals surface area contributed by atoms with Crippen LogP contribution in [0.15, 0.2) is 35.1 Å². The lowest BCUT2D eigenvalue weighted by Gasteiger charge is -2.34. The predicted molar refractivity (Wildman–Crippen MR) is 99.7 cm³/mol. The first-order valence-electron chi connectivity index (χ1n) is 9.38. The number of nitrogens with zero attached hydrogens (tertiary/aromatic N) is 3. The first-order valence-corrected chi connectivity index (χ1v) is 9.38. The average molecular weight is 366 g/mol. The molecular formula is C20H22N4O3. The molecule has 2 aromatic rings. The van der Waals surface area contributed by atoms with E-state index in [0.717, 1.165) is 18.4 Å². The van der Waals surface area contributed by atoms with E-state index in [2.05, 4.69) is 16.3 Å². The van der Waals surface area contributed by atoms with Crippen molar-refractivity contribution in [2.75, 3.05) is 26.2 Å². The number of piperazine rings is 1. The summed E-state index contributed by atoms with van der Waals surface area (Å²) in [5, 5.41) is 6.06. The summed E-state index contributed by atoms with van der Waals surface area (Å²) >= 11 is 0. The quantitative estimate of drug-likeness (QED) is 0.867. The maximum atomic E-state index is 12.8. The van der Waals surface area contributed by atoms with Crippen molar-refractivity contribution in [1.29, 1.82) is 0 Å². The highest BCUT2D eigenvalue weighted by Crippen LogP contribution is 2.23. The Hall–Kier alpha value is -2.96. The Kier molecular flexibility index (Phi) is 4.75. The van der Waals surface area contributed by atoms with E-state index in [1.165, 1.54) is 36.1 Å². The second-order valence-corrected chi connectivity index (χ2v) is 7.08. The highest BCUT2D eigenvalue weighted by Gasteiger charge is 2.26. The number of carbonyl (C=O) groups is 2. The van der Waals surface area contributed by atoms with Crippen molar-refractivity contribution in [3.63, 3.8) is 0 Å². The molecule has 7 nitrogen and oxygen atoms in total. The number of nitrogens with one attached hydrogen (secondary N) is 1. The topological polar surface area (TPSA) is 86.4 Å². The van der Waals surface area contributed by atoms with Crippen molar-refractivity contribution in [3.05, 3.63) is 63.1 Å². The van der Waals surface area contributed by atoms with E-state index in [1.54, 1.807) is 9.80 Å². The van der Waals surface area contributed by atoms with Gasteiger partial charge < -0.3 is 9.80 Å². The summed E-state index contributed by atoms with van der Waals surface area (Å²) in [7, 11) is 0. The lowest BCUT2D eigenvalue weighted by molar-refractivity contribution is 0.0531. The monoisotopic (exact) mass is 366 g/mol. The minimum Gasteiger partial charge on any atom is -0.335 e. The van der Waals surface area contributed by atoms with Crippen LogP contribution in [0.1, 0.15) is 44.8 Å². The predicted octanol–water partition coefficient (Wildman–Crippen LogP) is 1.25. The number of amides is 2. The summed E-state index contributed by atoms with van der Waals surface area (Å²) in [6.45, 7) is 1.89. The maximum Gasteiger partial charge on any atom is 0.274 e. The summed E-state index contributed by atoms with van der Waals surface area (Å²) in [6.07, 6.45) is 4.55. The molecule has 0 saturated carbocycles. The molecule has 0 radical (unpaired) electrons. The first kappa shape index (κ1) is 17.5. The van der Waals surface area contributed by atoms with Crippen LogP contribution in [0, 0.1) is 0 Å². The average Bonchev–Trinajstić information content (AvgIpc) is 2.73. The van der Waals surface area contributed by atoms with Crippen molar-refractivity contribution in [1.82, 2.24) is 20.0 Å². The van der Waals surface area contributed by atoms with Crippen LogP contribution in [0.5, 0.6) is 0 Å². The van der Waals surface area contributed by atoms with Gasteiger partial charge in [0.25, 0.3) is 17.4 Å². The third-order valence-electron chi connectivity index (χ3n) is 5.35. The molecule has 2 heterocycles. The molecule has 7 heteroatoms. The first-order chi connectivity index (χ1) is 13.1. The number of aromatic nitrogens is 2. The molecule has 27 heavy (non-hydrogen) atoms. The second-order valence-electron chi connectivity index (χ2n) is 7.08. The van der Waals surface area contributed by atoms with E-state index in [1.807, 2.05) is 12.1 Å². The molecule has 0 unspecified atom stereocenters. The Morgan fingerprint density at radius 3 is 2.19 bits per heavy atom. The van der Waals surface area contributed by atoms with Gasteiger partial charge in [0.05, 0.1) is 0 Å². The van der Waals surface area contributed by atoms with Gasteiger partial charge in [-0.15, -0.1) is 0 Å². The Balaban J connectivity index is 1.40. The van der Waals surface area contributed by atoms with Crippen molar-refractivity contribution in [2.45, 2.75) is 25.7 Å². The zero-order valence-electron chi connectivity index (χ0n) is 15.1. The summed E-state index contributed by atoms with van der Waals surface area (Å²) in [5.41, 5.74) is 3.26. The number of benzene rings is 1. The standard InChI is InChI=1S/C20H22N4O3/c25-18-8-7-17(21-22-18)20(27)24-11-9-23(10-12-24)19(26)16-6-5-14-3-1-2-4-15(14)13-16/h5-8,13H,1-4,9-12H2,(H,22,25). The number of H-pyrrole nitrogens is 1. The molecule has 1 aromatic carbocycles. The molecule has 4 rings (SSSR count). The SMILES string of the molecule is O=C(c1ccc2c(c1)CCCC2)N1CCN(C(=O)c2ccc(=O)[nH]n2)CC1. The normalized spacial score (nSPS) is 16.7. The van der Waals surface area contributed by atoms with Gasteiger partial charge in [0.1, 0.15) is 5.69 Å². The van der Waals surface area contributed by atoms with Gasteiger partial charge in [0, 0.05) is 37.8 Å². The fourth-order valence-corrected chi connectivity index (χ4v) is 3.79. The smallest absolute Gasteiger partial charge is 0.274 e. The summed E-state index contributed by atoms with van der Waals surface area (Å²) in [4.78, 5) is 39.8. The fourth-order valence-electron chi connectivity index (χ4n) is 3.79. The van der Waals surface area contributed by atoms with E-state index >= 15 is 0 Å². The molecule has 0 bridgehead atoms. The number of hydrogen-bond donors (Lipinski definition) is 1. The van der Waals surface area contributed by atoms with Crippen molar-refractivity contribution in [2.24, 2.45) is 0 Å². The summed E-state index contributed by atoms with van der Waals surface area (Å²) in [6, 6.07) is 8.76. The van der Waals surface area contributed by atoms with Gasteiger partial charge in [-0.1, -0.05) is 6.07 Å². The number of aryl methyl sites for hydroxylation is 2. The number of fused-ring (bicyclic) bond motifs is 1. The Morgan fingerprint density at radius 1 is 0.852 bits per heavy atom. The molecule has 2 aliphatic rings. The summed E-state index contributed by atoms with van der Waals surface area (Å²) < 4.78 is 0. The van der Waals surface area contributed by atoms with Crippen LogP contribution in [0.25, 0.3) is 0 Å². The molecule has 1 aliphatic heterocycles. The van der Waals surface area contributed by atoms with Crippen LogP contribution in [-0.4, -0.2) is 58.0 Å². The summed E-state index contributed by atoms with van der Waals surface area (Å²) in [5.74, 6) is -0.204.